The van der Waals surface area contributed by atoms with Crippen molar-refractivity contribution in [2.24, 2.45) is 0 Å². The van der Waals surface area contributed by atoms with Gasteiger partial charge in [-0.3, -0.25) is 0 Å². The molecule has 0 spiro atoms. The summed E-state index contributed by atoms with van der Waals surface area (Å²) in [5.74, 6) is 2.56. The van der Waals surface area contributed by atoms with Crippen LogP contribution in [0.25, 0.3) is 22.2 Å². The van der Waals surface area contributed by atoms with Gasteiger partial charge >= 0.3 is 0 Å². The normalized spacial score (nSPS) is 14.3. The van der Waals surface area contributed by atoms with Crippen LogP contribution in [0.4, 0.5) is 17.5 Å². The van der Waals surface area contributed by atoms with Crippen LogP contribution in [-0.4, -0.2) is 42.6 Å². The van der Waals surface area contributed by atoms with E-state index in [2.05, 4.69) is 61.8 Å². The second-order valence-electron chi connectivity index (χ2n) is 7.66. The number of hydrogen-bond acceptors (Lipinski definition) is 6. The minimum Gasteiger partial charge on any atom is -0.341 e. The van der Waals surface area contributed by atoms with Gasteiger partial charge in [-0.25, -0.2) is 9.97 Å². The van der Waals surface area contributed by atoms with Gasteiger partial charge in [-0.15, -0.1) is 0 Å². The number of anilines is 3. The van der Waals surface area contributed by atoms with E-state index in [0.717, 1.165) is 72.3 Å². The maximum Gasteiger partial charge on any atom is 0.229 e. The second-order valence-corrected chi connectivity index (χ2v) is 7.66. The lowest BCUT2D eigenvalue weighted by atomic mass is 10.2. The Morgan fingerprint density at radius 1 is 1.14 bits per heavy atom. The predicted molar refractivity (Wildman–Crippen MR) is 116 cm³/mol. The molecule has 0 bridgehead atoms. The number of rotatable bonds is 6. The number of imidazole rings is 2. The zero-order chi connectivity index (χ0) is 19.8. The van der Waals surface area contributed by atoms with E-state index >= 15 is 0 Å². The van der Waals surface area contributed by atoms with Crippen molar-refractivity contribution < 1.29 is 0 Å². The number of nitrogens with zero attached hydrogens (tertiary/aromatic N) is 6. The molecule has 3 aromatic heterocycles. The van der Waals surface area contributed by atoms with Gasteiger partial charge in [-0.05, 0) is 44.4 Å². The van der Waals surface area contributed by atoms with Crippen molar-refractivity contribution in [2.45, 2.75) is 46.1 Å². The lowest BCUT2D eigenvalue weighted by Crippen LogP contribution is -2.20. The molecule has 0 amide bonds. The summed E-state index contributed by atoms with van der Waals surface area (Å²) < 4.78 is 2.30. The van der Waals surface area contributed by atoms with E-state index in [4.69, 9.17) is 9.97 Å². The molecule has 0 aliphatic carbocycles. The van der Waals surface area contributed by atoms with Crippen molar-refractivity contribution in [1.82, 2.24) is 29.5 Å². The molecule has 8 nitrogen and oxygen atoms in total. The highest BCUT2D eigenvalue weighted by molar-refractivity contribution is 5.88. The summed E-state index contributed by atoms with van der Waals surface area (Å²) in [6.45, 7) is 7.27. The highest BCUT2D eigenvalue weighted by atomic mass is 15.3. The van der Waals surface area contributed by atoms with Crippen molar-refractivity contribution in [3.05, 3.63) is 30.4 Å². The Kier molecular flexibility index (Phi) is 4.54. The quantitative estimate of drug-likeness (QED) is 0.514. The number of unbranched alkanes of at least 4 members (excludes halogenated alkanes) is 1. The summed E-state index contributed by atoms with van der Waals surface area (Å²) in [5, 5.41) is 3.49. The molecule has 4 aromatic rings. The third-order valence-electron chi connectivity index (χ3n) is 5.60. The molecule has 29 heavy (non-hydrogen) atoms. The van der Waals surface area contributed by atoms with E-state index in [1.54, 1.807) is 6.33 Å². The van der Waals surface area contributed by atoms with E-state index in [1.807, 2.05) is 0 Å². The number of nitrogens with one attached hydrogen (secondary N) is 2. The Labute approximate surface area is 169 Å². The number of benzene rings is 1. The molecule has 1 fully saturated rings. The van der Waals surface area contributed by atoms with Crippen LogP contribution in [0.2, 0.25) is 0 Å². The molecule has 4 heterocycles. The summed E-state index contributed by atoms with van der Waals surface area (Å²) >= 11 is 0. The Morgan fingerprint density at radius 3 is 2.83 bits per heavy atom. The standard InChI is InChI=1S/C21H26N8/c1-3-4-11-29-14(2)24-16-8-7-15(12-17(16)29)25-20-18-19(23-13-22-18)26-21(27-20)28-9-5-6-10-28/h7-8,12-13H,3-6,9-11H2,1-2H3,(H2,22,23,25,26,27). The van der Waals surface area contributed by atoms with Crippen molar-refractivity contribution in [1.29, 1.82) is 0 Å². The van der Waals surface area contributed by atoms with Crippen molar-refractivity contribution in [3.63, 3.8) is 0 Å². The van der Waals surface area contributed by atoms with Gasteiger partial charge < -0.3 is 19.8 Å². The first-order valence-electron chi connectivity index (χ1n) is 10.4. The van der Waals surface area contributed by atoms with Gasteiger partial charge in [-0.2, -0.15) is 9.97 Å². The summed E-state index contributed by atoms with van der Waals surface area (Å²) in [5.41, 5.74) is 4.67. The van der Waals surface area contributed by atoms with Gasteiger partial charge in [0, 0.05) is 25.3 Å². The highest BCUT2D eigenvalue weighted by Crippen LogP contribution is 2.28. The second kappa shape index (κ2) is 7.35. The molecule has 1 saturated heterocycles. The van der Waals surface area contributed by atoms with Crippen LogP contribution in [0.3, 0.4) is 0 Å². The SMILES string of the molecule is CCCCn1c(C)nc2ccc(Nc3nc(N4CCCC4)nc4nc[nH]c34)cc21. The maximum absolute atomic E-state index is 4.82. The monoisotopic (exact) mass is 390 g/mol. The van der Waals surface area contributed by atoms with Crippen LogP contribution in [0.15, 0.2) is 24.5 Å². The van der Waals surface area contributed by atoms with Crippen LogP contribution in [-0.2, 0) is 6.54 Å². The molecule has 1 aliphatic heterocycles. The molecule has 150 valence electrons. The molecule has 2 N–H and O–H groups in total. The van der Waals surface area contributed by atoms with Gasteiger partial charge in [0.15, 0.2) is 11.5 Å². The summed E-state index contributed by atoms with van der Waals surface area (Å²) in [7, 11) is 0. The minimum absolute atomic E-state index is 0.689. The fraction of sp³-hybridized carbons (Fsp3) is 0.429. The lowest BCUT2D eigenvalue weighted by Gasteiger charge is -2.16. The first-order chi connectivity index (χ1) is 14.2. The molecule has 0 unspecified atom stereocenters. The van der Waals surface area contributed by atoms with E-state index in [9.17, 15) is 0 Å². The lowest BCUT2D eigenvalue weighted by molar-refractivity contribution is 0.631. The van der Waals surface area contributed by atoms with E-state index in [0.29, 0.717) is 5.65 Å². The van der Waals surface area contributed by atoms with Gasteiger partial charge in [-0.1, -0.05) is 13.3 Å². The topological polar surface area (TPSA) is 87.6 Å². The number of aromatic nitrogens is 6. The molecule has 0 saturated carbocycles. The number of fused-ring (bicyclic) bond motifs is 2. The molecule has 8 heteroatoms. The largest absolute Gasteiger partial charge is 0.341 e. The van der Waals surface area contributed by atoms with Crippen molar-refractivity contribution in [2.75, 3.05) is 23.3 Å². The molecule has 0 atom stereocenters. The smallest absolute Gasteiger partial charge is 0.229 e. The zero-order valence-corrected chi connectivity index (χ0v) is 16.9. The third-order valence-corrected chi connectivity index (χ3v) is 5.60. The van der Waals surface area contributed by atoms with Crippen LogP contribution in [0.1, 0.15) is 38.4 Å². The van der Waals surface area contributed by atoms with Gasteiger partial charge in [0.05, 0.1) is 17.4 Å². The molecule has 1 aromatic carbocycles. The van der Waals surface area contributed by atoms with Crippen LogP contribution < -0.4 is 10.2 Å². The number of hydrogen-bond donors (Lipinski definition) is 2. The Hall–Kier alpha value is -3.16. The molecule has 5 rings (SSSR count). The van der Waals surface area contributed by atoms with Crippen molar-refractivity contribution >= 4 is 39.7 Å². The van der Waals surface area contributed by atoms with E-state index in [-0.39, 0.29) is 0 Å². The van der Waals surface area contributed by atoms with Gasteiger partial charge in [0.1, 0.15) is 11.3 Å². The fourth-order valence-electron chi connectivity index (χ4n) is 4.03. The Morgan fingerprint density at radius 2 is 2.00 bits per heavy atom. The third kappa shape index (κ3) is 3.28. The number of H-pyrrole nitrogens is 1. The summed E-state index contributed by atoms with van der Waals surface area (Å²) in [6, 6.07) is 6.28. The Balaban J connectivity index is 1.53. The van der Waals surface area contributed by atoms with Crippen LogP contribution in [0, 0.1) is 6.92 Å². The first kappa shape index (κ1) is 17.9. The highest BCUT2D eigenvalue weighted by Gasteiger charge is 2.19. The van der Waals surface area contributed by atoms with Gasteiger partial charge in [0.25, 0.3) is 0 Å². The summed E-state index contributed by atoms with van der Waals surface area (Å²) in [4.78, 5) is 23.9. The van der Waals surface area contributed by atoms with Crippen LogP contribution in [0.5, 0.6) is 0 Å². The average molecular weight is 390 g/mol. The molecule has 0 radical (unpaired) electrons. The van der Waals surface area contributed by atoms with Crippen LogP contribution >= 0.6 is 0 Å². The summed E-state index contributed by atoms with van der Waals surface area (Å²) in [6.07, 6.45) is 6.34. The zero-order valence-electron chi connectivity index (χ0n) is 16.9. The Bertz CT molecular complexity index is 1150. The molecular weight excluding hydrogens is 364 g/mol. The van der Waals surface area contributed by atoms with E-state index in [1.165, 1.54) is 12.8 Å². The first-order valence-corrected chi connectivity index (χ1v) is 10.4. The molecular formula is C21H26N8. The average Bonchev–Trinajstić information content (AvgIpc) is 3.46. The van der Waals surface area contributed by atoms with Crippen molar-refractivity contribution in [3.8, 4) is 0 Å². The maximum atomic E-state index is 4.82. The molecule has 1 aliphatic rings. The minimum atomic E-state index is 0.689. The predicted octanol–water partition coefficient (Wildman–Crippen LogP) is 4.15. The number of aryl methyl sites for hydroxylation is 2. The number of aromatic amines is 1. The fourth-order valence-corrected chi connectivity index (χ4v) is 4.03. The van der Waals surface area contributed by atoms with Gasteiger partial charge in [0.2, 0.25) is 5.95 Å². The van der Waals surface area contributed by atoms with E-state index < -0.39 is 0 Å².